The van der Waals surface area contributed by atoms with E-state index in [0.29, 0.717) is 80.2 Å². The summed E-state index contributed by atoms with van der Waals surface area (Å²) in [5, 5.41) is 20.1. The first-order chi connectivity index (χ1) is 43.4. The summed E-state index contributed by atoms with van der Waals surface area (Å²) in [7, 11) is 11.7. The summed E-state index contributed by atoms with van der Waals surface area (Å²) < 4.78 is 71.5. The number of benzene rings is 4. The summed E-state index contributed by atoms with van der Waals surface area (Å²) in [5.74, 6) is -7.69. The van der Waals surface area contributed by atoms with E-state index in [9.17, 15) is 52.7 Å². The van der Waals surface area contributed by atoms with Crippen LogP contribution in [0.1, 0.15) is 49.4 Å². The van der Waals surface area contributed by atoms with Gasteiger partial charge in [-0.2, -0.15) is 0 Å². The van der Waals surface area contributed by atoms with E-state index in [1.54, 1.807) is 24.3 Å². The number of esters is 2. The molecule has 4 aromatic heterocycles. The molecule has 27 nitrogen and oxygen atoms in total. The molecule has 2 N–H and O–H groups in total. The molecule has 4 aromatic carbocycles. The Kier molecular flexibility index (Phi) is 25.8. The highest BCUT2D eigenvalue weighted by Gasteiger charge is 2.38. The smallest absolute Gasteiger partial charge is 0.375 e. The van der Waals surface area contributed by atoms with E-state index in [4.69, 9.17) is 77.4 Å². The number of carbonyl (C=O) groups is 7. The molecule has 0 saturated heterocycles. The van der Waals surface area contributed by atoms with Crippen molar-refractivity contribution < 1.29 is 109 Å². The Bertz CT molecular complexity index is 4220. The predicted molar refractivity (Wildman–Crippen MR) is 324 cm³/mol. The number of ether oxygens (including phenoxy) is 10. The standard InChI is InChI=1S/C21H22O10.C15H14O8.C15H16O5.C12H11ClO4/c1-5-29-20(25)18(23)13(19(24)21(26)30-6-2)7-11-8-16(22)31-15-10-12(27-3)9-14(28-4)17(11)15;1-21-8-5-10(22-2)13-7(3-9(14(17)18)15(19)20)4-12(16)23-11(13)6-8;1-9(16)4-5-10-6-14(17)20-13-8-11(18-2)7-12(19-3)15(10)13;1-15-8-4-9(16-2)12-7(6-13)3-11(14)17-10(12)5-8/h8-10,13H,5-7H2,1-4H3;4-6,9H,3H2,1-2H3,(H,17,18)(H,19,20);6-8H,4-5H2,1-3H3;3-5H,6H2,1-2H3. The Morgan fingerprint density at radius 3 is 0.978 bits per heavy atom. The number of fused-ring (bicyclic) bond motifs is 4. The van der Waals surface area contributed by atoms with Crippen LogP contribution < -0.4 is 60.4 Å². The number of carbonyl (C=O) groups excluding carboxylic acids is 5. The molecule has 0 radical (unpaired) electrons. The SMILES string of the molecule is CCOC(=O)C(=O)C(Cc1cc(=O)oc2cc(OC)cc(OC)c12)C(=O)C(=O)OCC.COc1cc(OC)c2c(CC(C(=O)O)C(=O)O)cc(=O)oc2c1.COc1cc(OC)c2c(CCC(C)=O)cc(=O)oc2c1.COc1cc(OC)c2c(CCl)cc(=O)oc2c1. The minimum absolute atomic E-state index is 0.0684. The van der Waals surface area contributed by atoms with Gasteiger partial charge in [-0.3, -0.25) is 19.2 Å². The topological polar surface area (TPSA) is 373 Å². The molecule has 0 bridgehead atoms. The second kappa shape index (κ2) is 33.0. The molecule has 28 heteroatoms. The van der Waals surface area contributed by atoms with E-state index >= 15 is 0 Å². The highest BCUT2D eigenvalue weighted by molar-refractivity contribution is 6.47. The van der Waals surface area contributed by atoms with Crippen LogP contribution in [-0.4, -0.2) is 122 Å². The monoisotopic (exact) mass is 1290 g/mol. The third-order valence-corrected chi connectivity index (χ3v) is 13.5. The Labute approximate surface area is 520 Å². The Morgan fingerprint density at radius 1 is 0.418 bits per heavy atom. The molecule has 0 aliphatic carbocycles. The number of aliphatic carboxylic acids is 2. The molecule has 0 unspecified atom stereocenters. The van der Waals surface area contributed by atoms with Crippen LogP contribution in [0, 0.1) is 11.8 Å². The van der Waals surface area contributed by atoms with E-state index in [-0.39, 0.29) is 70.5 Å². The maximum Gasteiger partial charge on any atom is 0.375 e. The lowest BCUT2D eigenvalue weighted by atomic mass is 9.89. The number of ketones is 3. The second-order valence-corrected chi connectivity index (χ2v) is 19.1. The minimum Gasteiger partial charge on any atom is -0.496 e. The number of carboxylic acid groups (broad SMARTS) is 2. The molecule has 0 aliphatic heterocycles. The van der Waals surface area contributed by atoms with Crippen molar-refractivity contribution in [3.8, 4) is 46.0 Å². The van der Waals surface area contributed by atoms with Crippen molar-refractivity contribution in [2.45, 2.75) is 52.3 Å². The Hall–Kier alpha value is -10.7. The number of hydrogen-bond donors (Lipinski definition) is 2. The van der Waals surface area contributed by atoms with E-state index in [1.807, 2.05) is 0 Å². The van der Waals surface area contributed by atoms with Gasteiger partial charge in [-0.1, -0.05) is 0 Å². The van der Waals surface area contributed by atoms with Crippen molar-refractivity contribution in [1.29, 1.82) is 0 Å². The normalized spacial score (nSPS) is 10.6. The van der Waals surface area contributed by atoms with Crippen molar-refractivity contribution in [3.63, 3.8) is 0 Å². The van der Waals surface area contributed by atoms with Crippen molar-refractivity contribution in [1.82, 2.24) is 0 Å². The van der Waals surface area contributed by atoms with Gasteiger partial charge in [0.25, 0.3) is 11.6 Å². The first kappa shape index (κ1) is 71.1. The fraction of sp³-hybridized carbons (Fsp3) is 0.317. The van der Waals surface area contributed by atoms with E-state index in [1.165, 1.54) is 114 Å². The Balaban J connectivity index is 0.000000226. The van der Waals surface area contributed by atoms with Crippen LogP contribution in [0.25, 0.3) is 43.9 Å². The van der Waals surface area contributed by atoms with Crippen LogP contribution in [0.5, 0.6) is 46.0 Å². The molecule has 8 aromatic rings. The highest BCUT2D eigenvalue weighted by Crippen LogP contribution is 2.38. The summed E-state index contributed by atoms with van der Waals surface area (Å²) in [6.07, 6.45) is 0.00337. The van der Waals surface area contributed by atoms with Crippen molar-refractivity contribution in [2.75, 3.05) is 70.1 Å². The van der Waals surface area contributed by atoms with Gasteiger partial charge in [0.05, 0.1) is 91.6 Å². The zero-order valence-electron chi connectivity index (χ0n) is 51.0. The lowest BCUT2D eigenvalue weighted by molar-refractivity contribution is -0.161. The van der Waals surface area contributed by atoms with E-state index in [0.717, 1.165) is 17.7 Å². The molecule has 0 saturated carbocycles. The van der Waals surface area contributed by atoms with E-state index < -0.39 is 76.2 Å². The summed E-state index contributed by atoms with van der Waals surface area (Å²) in [5.41, 5.74) is 0.398. The van der Waals surface area contributed by atoms with Gasteiger partial charge in [0, 0.05) is 85.1 Å². The molecule has 8 rings (SSSR count). The zero-order valence-corrected chi connectivity index (χ0v) is 51.8. The van der Waals surface area contributed by atoms with Gasteiger partial charge >= 0.3 is 46.4 Å². The average molecular weight is 1290 g/mol. The molecule has 0 atom stereocenters. The number of halogens is 1. The molecule has 0 amide bonds. The third-order valence-electron chi connectivity index (χ3n) is 13.2. The van der Waals surface area contributed by atoms with Gasteiger partial charge in [0.1, 0.15) is 80.0 Å². The number of hydrogen-bond acceptors (Lipinski definition) is 25. The van der Waals surface area contributed by atoms with Crippen molar-refractivity contribution in [2.24, 2.45) is 11.8 Å². The maximum absolute atomic E-state index is 12.6. The van der Waals surface area contributed by atoms with Gasteiger partial charge in [0.15, 0.2) is 5.92 Å². The first-order valence-electron chi connectivity index (χ1n) is 27.1. The lowest BCUT2D eigenvalue weighted by Crippen LogP contribution is -2.38. The number of alkyl halides is 1. The van der Waals surface area contributed by atoms with Crippen molar-refractivity contribution >= 4 is 96.7 Å². The summed E-state index contributed by atoms with van der Waals surface area (Å²) in [6.45, 7) is 4.30. The fourth-order valence-corrected chi connectivity index (χ4v) is 9.24. The fourth-order valence-electron chi connectivity index (χ4n) is 9.02. The first-order valence-corrected chi connectivity index (χ1v) is 27.6. The van der Waals surface area contributed by atoms with Crippen LogP contribution in [0.2, 0.25) is 0 Å². The second-order valence-electron chi connectivity index (χ2n) is 18.9. The molecule has 0 aliphatic rings. The van der Waals surface area contributed by atoms with E-state index in [2.05, 4.69) is 9.47 Å². The minimum atomic E-state index is -1.75. The quantitative estimate of drug-likeness (QED) is 0.0198. The van der Waals surface area contributed by atoms with Gasteiger partial charge in [-0.15, -0.1) is 11.6 Å². The Morgan fingerprint density at radius 2 is 0.703 bits per heavy atom. The number of methoxy groups -OCH3 is 8. The van der Waals surface area contributed by atoms with Crippen LogP contribution >= 0.6 is 11.6 Å². The maximum atomic E-state index is 12.6. The lowest BCUT2D eigenvalue weighted by Gasteiger charge is -2.16. The van der Waals surface area contributed by atoms with Gasteiger partial charge in [-0.05, 0) is 62.3 Å². The third kappa shape index (κ3) is 18.0. The number of carboxylic acids is 2. The summed E-state index contributed by atoms with van der Waals surface area (Å²) in [4.78, 5) is 129. The largest absolute Gasteiger partial charge is 0.496 e. The summed E-state index contributed by atoms with van der Waals surface area (Å²) >= 11 is 5.81. The molecule has 0 spiro atoms. The molecular weight excluding hydrogens is 1220 g/mol. The van der Waals surface area contributed by atoms with Crippen LogP contribution in [0.15, 0.2) is 110 Å². The number of rotatable bonds is 24. The van der Waals surface area contributed by atoms with Crippen molar-refractivity contribution in [3.05, 3.63) is 137 Å². The van der Waals surface area contributed by atoms with Gasteiger partial charge in [0.2, 0.25) is 0 Å². The number of aryl methyl sites for hydroxylation is 1. The summed E-state index contributed by atoms with van der Waals surface area (Å²) in [6, 6.07) is 17.5. The van der Waals surface area contributed by atoms with Crippen LogP contribution in [0.3, 0.4) is 0 Å². The van der Waals surface area contributed by atoms with Crippen LogP contribution in [0.4, 0.5) is 0 Å². The molecular formula is C63H63ClO27. The molecule has 484 valence electrons. The number of Topliss-reactive ketones (excluding diaryl/α,β-unsaturated/α-hetero) is 3. The molecule has 91 heavy (non-hydrogen) atoms. The van der Waals surface area contributed by atoms with Gasteiger partial charge < -0.3 is 80.0 Å². The average Bonchev–Trinajstić information content (AvgIpc) is 0.930. The zero-order chi connectivity index (χ0) is 67.4. The predicted octanol–water partition coefficient (Wildman–Crippen LogP) is 7.25. The molecule has 4 heterocycles. The molecule has 0 fully saturated rings. The van der Waals surface area contributed by atoms with Gasteiger partial charge in [-0.25, -0.2) is 28.8 Å². The van der Waals surface area contributed by atoms with Crippen LogP contribution in [-0.2, 0) is 68.2 Å². The highest BCUT2D eigenvalue weighted by atomic mass is 35.5.